The third-order valence-corrected chi connectivity index (χ3v) is 2.26. The number of anilines is 1. The highest BCUT2D eigenvalue weighted by Gasteiger charge is 2.00. The maximum atomic E-state index is 13.0. The van der Waals surface area contributed by atoms with Gasteiger partial charge in [0.25, 0.3) is 0 Å². The Morgan fingerprint density at radius 3 is 3.00 bits per heavy atom. The number of hydrogen-bond donors (Lipinski definition) is 1. The first-order valence-electron chi connectivity index (χ1n) is 5.72. The zero-order valence-electron chi connectivity index (χ0n) is 10.1. The van der Waals surface area contributed by atoms with Gasteiger partial charge in [-0.05, 0) is 24.6 Å². The molecule has 0 bridgehead atoms. The highest BCUT2D eigenvalue weighted by molar-refractivity contribution is 5.29. The highest BCUT2D eigenvalue weighted by atomic mass is 19.1. The second-order valence-corrected chi connectivity index (χ2v) is 3.63. The molecule has 0 saturated carbocycles. The molecule has 94 valence electrons. The molecular formula is C13H14FN3O. The minimum absolute atomic E-state index is 0.252. The maximum absolute atomic E-state index is 13.0. The van der Waals surface area contributed by atoms with E-state index in [0.717, 1.165) is 5.56 Å². The van der Waals surface area contributed by atoms with Gasteiger partial charge in [0.15, 0.2) is 0 Å². The van der Waals surface area contributed by atoms with E-state index in [1.807, 2.05) is 13.0 Å². The number of benzene rings is 1. The first-order chi connectivity index (χ1) is 8.78. The number of hydrogen-bond acceptors (Lipinski definition) is 4. The van der Waals surface area contributed by atoms with Crippen molar-refractivity contribution in [1.82, 2.24) is 9.97 Å². The molecule has 0 aliphatic rings. The van der Waals surface area contributed by atoms with Gasteiger partial charge in [-0.3, -0.25) is 0 Å². The van der Waals surface area contributed by atoms with E-state index in [9.17, 15) is 4.39 Å². The van der Waals surface area contributed by atoms with Crippen LogP contribution >= 0.6 is 0 Å². The number of nitrogens with one attached hydrogen (secondary N) is 1. The van der Waals surface area contributed by atoms with Gasteiger partial charge in [-0.2, -0.15) is 4.98 Å². The van der Waals surface area contributed by atoms with Crippen LogP contribution in [0.2, 0.25) is 0 Å². The molecule has 1 N–H and O–H groups in total. The van der Waals surface area contributed by atoms with Crippen LogP contribution in [0.1, 0.15) is 12.5 Å². The summed E-state index contributed by atoms with van der Waals surface area (Å²) in [5.74, 6) is 0.734. The summed E-state index contributed by atoms with van der Waals surface area (Å²) in [6.45, 7) is 2.91. The van der Waals surface area contributed by atoms with Crippen LogP contribution in [0.25, 0.3) is 0 Å². The number of halogens is 1. The molecular weight excluding hydrogens is 233 g/mol. The zero-order chi connectivity index (χ0) is 12.8. The van der Waals surface area contributed by atoms with Crippen molar-refractivity contribution in [2.45, 2.75) is 13.5 Å². The minimum Gasteiger partial charge on any atom is -0.478 e. The van der Waals surface area contributed by atoms with Gasteiger partial charge in [-0.1, -0.05) is 12.1 Å². The molecule has 18 heavy (non-hydrogen) atoms. The highest BCUT2D eigenvalue weighted by Crippen LogP contribution is 2.10. The average molecular weight is 247 g/mol. The third kappa shape index (κ3) is 3.41. The molecule has 1 aromatic carbocycles. The summed E-state index contributed by atoms with van der Waals surface area (Å²) in [7, 11) is 0. The van der Waals surface area contributed by atoms with Crippen molar-refractivity contribution in [3.63, 3.8) is 0 Å². The van der Waals surface area contributed by atoms with E-state index >= 15 is 0 Å². The third-order valence-electron chi connectivity index (χ3n) is 2.26. The van der Waals surface area contributed by atoms with Crippen molar-refractivity contribution in [2.75, 3.05) is 11.9 Å². The summed E-state index contributed by atoms with van der Waals surface area (Å²) in [6, 6.07) is 8.08. The van der Waals surface area contributed by atoms with Crippen molar-refractivity contribution in [2.24, 2.45) is 0 Å². The first kappa shape index (κ1) is 12.3. The fourth-order valence-electron chi connectivity index (χ4n) is 1.48. The van der Waals surface area contributed by atoms with Crippen LogP contribution in [0.3, 0.4) is 0 Å². The monoisotopic (exact) mass is 247 g/mol. The molecule has 0 fully saturated rings. The average Bonchev–Trinajstić information content (AvgIpc) is 2.37. The van der Waals surface area contributed by atoms with Gasteiger partial charge in [0, 0.05) is 18.8 Å². The van der Waals surface area contributed by atoms with Gasteiger partial charge in [0.2, 0.25) is 11.8 Å². The van der Waals surface area contributed by atoms with Crippen molar-refractivity contribution in [3.05, 3.63) is 47.9 Å². The van der Waals surface area contributed by atoms with Crippen LogP contribution in [0, 0.1) is 5.82 Å². The lowest BCUT2D eigenvalue weighted by Gasteiger charge is -2.06. The molecule has 0 atom stereocenters. The lowest BCUT2D eigenvalue weighted by Crippen LogP contribution is -2.05. The van der Waals surface area contributed by atoms with Crippen molar-refractivity contribution < 1.29 is 9.13 Å². The van der Waals surface area contributed by atoms with Crippen LogP contribution in [0.5, 0.6) is 5.88 Å². The summed E-state index contributed by atoms with van der Waals surface area (Å²) in [6.07, 6.45) is 1.62. The smallest absolute Gasteiger partial charge is 0.226 e. The molecule has 0 saturated heterocycles. The van der Waals surface area contributed by atoms with Gasteiger partial charge >= 0.3 is 0 Å². The zero-order valence-corrected chi connectivity index (χ0v) is 10.1. The molecule has 1 heterocycles. The molecule has 0 spiro atoms. The summed E-state index contributed by atoms with van der Waals surface area (Å²) >= 11 is 0. The topological polar surface area (TPSA) is 47.0 Å². The Hall–Kier alpha value is -2.17. The van der Waals surface area contributed by atoms with E-state index < -0.39 is 0 Å². The Morgan fingerprint density at radius 1 is 1.33 bits per heavy atom. The molecule has 0 aliphatic heterocycles. The fourth-order valence-corrected chi connectivity index (χ4v) is 1.48. The largest absolute Gasteiger partial charge is 0.478 e. The molecule has 0 amide bonds. The number of aromatic nitrogens is 2. The second-order valence-electron chi connectivity index (χ2n) is 3.63. The van der Waals surface area contributed by atoms with Crippen LogP contribution in [0.4, 0.5) is 10.3 Å². The van der Waals surface area contributed by atoms with Crippen LogP contribution < -0.4 is 10.1 Å². The van der Waals surface area contributed by atoms with E-state index in [0.29, 0.717) is 25.0 Å². The molecule has 2 aromatic rings. The Labute approximate surface area is 105 Å². The molecule has 0 unspecified atom stereocenters. The molecule has 0 aliphatic carbocycles. The van der Waals surface area contributed by atoms with E-state index in [-0.39, 0.29) is 5.82 Å². The normalized spacial score (nSPS) is 10.1. The molecule has 4 nitrogen and oxygen atoms in total. The Balaban J connectivity index is 1.99. The predicted molar refractivity (Wildman–Crippen MR) is 66.9 cm³/mol. The van der Waals surface area contributed by atoms with Gasteiger partial charge in [-0.15, -0.1) is 0 Å². The minimum atomic E-state index is -0.252. The van der Waals surface area contributed by atoms with E-state index in [2.05, 4.69) is 15.3 Å². The van der Waals surface area contributed by atoms with Gasteiger partial charge in [0.1, 0.15) is 5.82 Å². The van der Waals surface area contributed by atoms with Crippen molar-refractivity contribution in [1.29, 1.82) is 0 Å². The number of nitrogens with zero attached hydrogens (tertiary/aromatic N) is 2. The summed E-state index contributed by atoms with van der Waals surface area (Å²) < 4.78 is 18.2. The summed E-state index contributed by atoms with van der Waals surface area (Å²) in [5.41, 5.74) is 0.834. The second kappa shape index (κ2) is 5.95. The quantitative estimate of drug-likeness (QED) is 0.882. The van der Waals surface area contributed by atoms with Gasteiger partial charge in [0.05, 0.1) is 6.61 Å². The standard InChI is InChI=1S/C13H14FN3O/c1-2-18-12-6-7-15-13(17-12)16-9-10-4-3-5-11(14)8-10/h3-8H,2,9H2,1H3,(H,15,16,17). The Morgan fingerprint density at radius 2 is 2.22 bits per heavy atom. The lowest BCUT2D eigenvalue weighted by molar-refractivity contribution is 0.326. The summed E-state index contributed by atoms with van der Waals surface area (Å²) in [4.78, 5) is 8.22. The number of rotatable bonds is 5. The molecule has 2 rings (SSSR count). The maximum Gasteiger partial charge on any atom is 0.226 e. The fraction of sp³-hybridized carbons (Fsp3) is 0.231. The molecule has 0 radical (unpaired) electrons. The predicted octanol–water partition coefficient (Wildman–Crippen LogP) is 2.63. The number of ether oxygens (including phenoxy) is 1. The van der Waals surface area contributed by atoms with Crippen LogP contribution in [-0.4, -0.2) is 16.6 Å². The van der Waals surface area contributed by atoms with Crippen molar-refractivity contribution >= 4 is 5.95 Å². The van der Waals surface area contributed by atoms with Gasteiger partial charge < -0.3 is 10.1 Å². The van der Waals surface area contributed by atoms with Crippen LogP contribution in [-0.2, 0) is 6.54 Å². The lowest BCUT2D eigenvalue weighted by atomic mass is 10.2. The SMILES string of the molecule is CCOc1ccnc(NCc2cccc(F)c2)n1. The molecule has 5 heteroatoms. The summed E-state index contributed by atoms with van der Waals surface area (Å²) in [5, 5.41) is 3.02. The first-order valence-corrected chi connectivity index (χ1v) is 5.72. The van der Waals surface area contributed by atoms with Crippen molar-refractivity contribution in [3.8, 4) is 5.88 Å². The van der Waals surface area contributed by atoms with E-state index in [4.69, 9.17) is 4.74 Å². The Bertz CT molecular complexity index is 519. The van der Waals surface area contributed by atoms with Crippen LogP contribution in [0.15, 0.2) is 36.5 Å². The molecule has 1 aromatic heterocycles. The van der Waals surface area contributed by atoms with E-state index in [1.165, 1.54) is 12.1 Å². The Kier molecular flexibility index (Phi) is 4.06. The van der Waals surface area contributed by atoms with E-state index in [1.54, 1.807) is 18.3 Å². The van der Waals surface area contributed by atoms with Gasteiger partial charge in [-0.25, -0.2) is 9.37 Å².